The number of allylic oxidation sites excluding steroid dienone is 1. The van der Waals surface area contributed by atoms with E-state index < -0.39 is 0 Å². The fraction of sp³-hybridized carbons (Fsp3) is 0.667. The number of hydrogen-bond acceptors (Lipinski definition) is 2. The number of nitrogens with two attached hydrogens (primary N) is 1. The number of rotatable bonds is 7. The molecule has 82 valence electrons. The summed E-state index contributed by atoms with van der Waals surface area (Å²) in [6.45, 7) is 11.9. The molecule has 2 unspecified atom stereocenters. The van der Waals surface area contributed by atoms with Crippen LogP contribution in [0.3, 0.4) is 0 Å². The van der Waals surface area contributed by atoms with E-state index in [0.717, 1.165) is 19.5 Å². The molecule has 0 amide bonds. The van der Waals surface area contributed by atoms with Gasteiger partial charge in [-0.15, -0.1) is 6.58 Å². The van der Waals surface area contributed by atoms with Crippen LogP contribution >= 0.6 is 0 Å². The van der Waals surface area contributed by atoms with Gasteiger partial charge in [-0.05, 0) is 26.2 Å². The van der Waals surface area contributed by atoms with Gasteiger partial charge in [-0.25, -0.2) is 0 Å². The van der Waals surface area contributed by atoms with Crippen LogP contribution in [0.15, 0.2) is 24.3 Å². The van der Waals surface area contributed by atoms with Crippen molar-refractivity contribution in [3.05, 3.63) is 24.3 Å². The summed E-state index contributed by atoms with van der Waals surface area (Å²) in [7, 11) is 0. The highest BCUT2D eigenvalue weighted by atomic mass is 14.9. The van der Waals surface area contributed by atoms with Gasteiger partial charge in [0.05, 0.1) is 0 Å². The van der Waals surface area contributed by atoms with E-state index in [9.17, 15) is 0 Å². The number of hydrogen-bond donors (Lipinski definition) is 2. The van der Waals surface area contributed by atoms with Crippen LogP contribution in [-0.2, 0) is 0 Å². The molecular weight excluding hydrogens is 172 g/mol. The first-order chi connectivity index (χ1) is 6.60. The number of nitrogens with one attached hydrogen (secondary N) is 1. The van der Waals surface area contributed by atoms with Crippen LogP contribution in [0.25, 0.3) is 0 Å². The molecule has 3 N–H and O–H groups in total. The Bertz CT molecular complexity index is 183. The van der Waals surface area contributed by atoms with Crippen molar-refractivity contribution in [3.8, 4) is 0 Å². The average molecular weight is 196 g/mol. The fourth-order valence-electron chi connectivity index (χ4n) is 1.25. The molecule has 0 aromatic heterocycles. The molecule has 14 heavy (non-hydrogen) atoms. The minimum absolute atomic E-state index is 0.250. The van der Waals surface area contributed by atoms with Crippen LogP contribution in [0.4, 0.5) is 0 Å². The molecule has 2 heteroatoms. The Kier molecular flexibility index (Phi) is 7.44. The van der Waals surface area contributed by atoms with Crippen molar-refractivity contribution in [2.45, 2.75) is 33.2 Å². The maximum Gasteiger partial charge on any atom is 0.0165 e. The standard InChI is InChI=1S/C12H24N2/c1-5-10(3)8-14-9-12(6-2)7-11(4)13/h5-6,10-11,14H,1,7-9,13H2,2-4H3/b12-6+. The molecule has 0 radical (unpaired) electrons. The Hall–Kier alpha value is -0.600. The largest absolute Gasteiger partial charge is 0.328 e. The Morgan fingerprint density at radius 1 is 1.50 bits per heavy atom. The molecule has 0 aromatic carbocycles. The third-order valence-corrected chi connectivity index (χ3v) is 2.21. The van der Waals surface area contributed by atoms with Gasteiger partial charge in [0.25, 0.3) is 0 Å². The summed E-state index contributed by atoms with van der Waals surface area (Å²) in [5.74, 6) is 0.531. The topological polar surface area (TPSA) is 38.0 Å². The van der Waals surface area contributed by atoms with Gasteiger partial charge in [-0.1, -0.05) is 24.6 Å². The van der Waals surface area contributed by atoms with Gasteiger partial charge >= 0.3 is 0 Å². The van der Waals surface area contributed by atoms with Gasteiger partial charge < -0.3 is 11.1 Å². The van der Waals surface area contributed by atoms with Crippen LogP contribution in [0, 0.1) is 5.92 Å². The summed E-state index contributed by atoms with van der Waals surface area (Å²) in [4.78, 5) is 0. The Labute approximate surface area is 88.3 Å². The van der Waals surface area contributed by atoms with Crippen LogP contribution in [-0.4, -0.2) is 19.1 Å². The molecule has 0 fully saturated rings. The van der Waals surface area contributed by atoms with E-state index in [-0.39, 0.29) is 6.04 Å². The van der Waals surface area contributed by atoms with Gasteiger partial charge in [-0.3, -0.25) is 0 Å². The van der Waals surface area contributed by atoms with Crippen molar-refractivity contribution in [2.75, 3.05) is 13.1 Å². The quantitative estimate of drug-likeness (QED) is 0.612. The fourth-order valence-corrected chi connectivity index (χ4v) is 1.25. The molecule has 0 saturated heterocycles. The third-order valence-electron chi connectivity index (χ3n) is 2.21. The molecule has 2 nitrogen and oxygen atoms in total. The van der Waals surface area contributed by atoms with Gasteiger partial charge in [0.2, 0.25) is 0 Å². The first-order valence-electron chi connectivity index (χ1n) is 5.33. The molecule has 0 heterocycles. The second-order valence-corrected chi connectivity index (χ2v) is 3.97. The molecule has 0 aliphatic rings. The molecule has 0 aliphatic heterocycles. The predicted octanol–water partition coefficient (Wildman–Crippen LogP) is 2.08. The summed E-state index contributed by atoms with van der Waals surface area (Å²) < 4.78 is 0. The van der Waals surface area contributed by atoms with Gasteiger partial charge in [0.1, 0.15) is 0 Å². The van der Waals surface area contributed by atoms with Crippen molar-refractivity contribution >= 4 is 0 Å². The summed E-state index contributed by atoms with van der Waals surface area (Å²) in [5.41, 5.74) is 7.13. The minimum atomic E-state index is 0.250. The lowest BCUT2D eigenvalue weighted by atomic mass is 10.1. The van der Waals surface area contributed by atoms with Crippen molar-refractivity contribution in [1.29, 1.82) is 0 Å². The van der Waals surface area contributed by atoms with Crippen LogP contribution in [0.1, 0.15) is 27.2 Å². The minimum Gasteiger partial charge on any atom is -0.328 e. The van der Waals surface area contributed by atoms with E-state index >= 15 is 0 Å². The lowest BCUT2D eigenvalue weighted by Crippen LogP contribution is -2.25. The zero-order valence-corrected chi connectivity index (χ0v) is 9.72. The Morgan fingerprint density at radius 3 is 2.57 bits per heavy atom. The highest BCUT2D eigenvalue weighted by Crippen LogP contribution is 2.02. The molecule has 0 spiro atoms. The van der Waals surface area contributed by atoms with E-state index in [1.54, 1.807) is 0 Å². The van der Waals surface area contributed by atoms with Crippen molar-refractivity contribution < 1.29 is 0 Å². The van der Waals surface area contributed by atoms with Crippen LogP contribution < -0.4 is 11.1 Å². The molecule has 0 saturated carbocycles. The highest BCUT2D eigenvalue weighted by molar-refractivity contribution is 5.04. The molecule has 0 aliphatic carbocycles. The highest BCUT2D eigenvalue weighted by Gasteiger charge is 2.01. The first-order valence-corrected chi connectivity index (χ1v) is 5.33. The summed E-state index contributed by atoms with van der Waals surface area (Å²) >= 11 is 0. The zero-order valence-electron chi connectivity index (χ0n) is 9.72. The van der Waals surface area contributed by atoms with E-state index in [4.69, 9.17) is 5.73 Å². The Morgan fingerprint density at radius 2 is 2.14 bits per heavy atom. The average Bonchev–Trinajstić information content (AvgIpc) is 2.15. The maximum absolute atomic E-state index is 5.74. The van der Waals surface area contributed by atoms with E-state index in [2.05, 4.69) is 31.8 Å². The van der Waals surface area contributed by atoms with Crippen LogP contribution in [0.5, 0.6) is 0 Å². The summed E-state index contributed by atoms with van der Waals surface area (Å²) in [6.07, 6.45) is 5.09. The molecular formula is C12H24N2. The molecule has 0 bridgehead atoms. The van der Waals surface area contributed by atoms with Gasteiger partial charge in [0, 0.05) is 19.1 Å². The summed E-state index contributed by atoms with van der Waals surface area (Å²) in [6, 6.07) is 0.250. The normalized spacial score (nSPS) is 16.4. The van der Waals surface area contributed by atoms with E-state index in [0.29, 0.717) is 5.92 Å². The van der Waals surface area contributed by atoms with E-state index in [1.807, 2.05) is 13.0 Å². The monoisotopic (exact) mass is 196 g/mol. The molecule has 0 aromatic rings. The lowest BCUT2D eigenvalue weighted by Gasteiger charge is -2.12. The lowest BCUT2D eigenvalue weighted by molar-refractivity contribution is 0.602. The van der Waals surface area contributed by atoms with Crippen molar-refractivity contribution in [1.82, 2.24) is 5.32 Å². The summed E-state index contributed by atoms with van der Waals surface area (Å²) in [5, 5.41) is 3.40. The molecule has 0 rings (SSSR count). The second kappa shape index (κ2) is 7.77. The zero-order chi connectivity index (χ0) is 11.0. The SMILES string of the molecule is C=CC(C)CNC/C(=C/C)CC(C)N. The van der Waals surface area contributed by atoms with E-state index in [1.165, 1.54) is 5.57 Å². The first kappa shape index (κ1) is 13.4. The third kappa shape index (κ3) is 6.87. The van der Waals surface area contributed by atoms with Gasteiger partial charge in [0.15, 0.2) is 0 Å². The maximum atomic E-state index is 5.74. The van der Waals surface area contributed by atoms with Crippen molar-refractivity contribution in [3.63, 3.8) is 0 Å². The second-order valence-electron chi connectivity index (χ2n) is 3.97. The molecule has 2 atom stereocenters. The van der Waals surface area contributed by atoms with Crippen molar-refractivity contribution in [2.24, 2.45) is 11.7 Å². The van der Waals surface area contributed by atoms with Gasteiger partial charge in [-0.2, -0.15) is 0 Å². The smallest absolute Gasteiger partial charge is 0.0165 e. The van der Waals surface area contributed by atoms with Crippen LogP contribution in [0.2, 0.25) is 0 Å². The Balaban J connectivity index is 3.69. The predicted molar refractivity (Wildman–Crippen MR) is 64.3 cm³/mol.